The summed E-state index contributed by atoms with van der Waals surface area (Å²) >= 11 is 16.0. The summed E-state index contributed by atoms with van der Waals surface area (Å²) in [6.45, 7) is -0.181. The maximum atomic E-state index is 15.3. The molecule has 0 bridgehead atoms. The number of benzene rings is 3. The molecule has 3 aromatic carbocycles. The molecule has 2 saturated heterocycles. The van der Waals surface area contributed by atoms with Crippen molar-refractivity contribution < 1.29 is 42.2 Å². The number of amides is 4. The lowest BCUT2D eigenvalue weighted by Gasteiger charge is -2.50. The molecule has 8 rings (SSSR count). The number of aliphatic hydroxyl groups excluding tert-OH is 1. The Bertz CT molecular complexity index is 2290. The van der Waals surface area contributed by atoms with E-state index < -0.39 is 69.5 Å². The molecule has 6 atom stereocenters. The Hall–Kier alpha value is -4.76. The Kier molecular flexibility index (Phi) is 9.75. The Balaban J connectivity index is 1.29. The predicted octanol–water partition coefficient (Wildman–Crippen LogP) is 7.73. The van der Waals surface area contributed by atoms with E-state index in [2.05, 4.69) is 26.3 Å². The van der Waals surface area contributed by atoms with Crippen molar-refractivity contribution in [2.75, 3.05) is 23.5 Å². The number of hydrogen-bond donors (Lipinski definition) is 2. The molecule has 2 aliphatic heterocycles. The molecule has 6 unspecified atom stereocenters. The highest BCUT2D eigenvalue weighted by molar-refractivity contribution is 9.10. The molecule has 4 amide bonds. The molecule has 16 heteroatoms. The average molecular weight is 871 g/mol. The minimum atomic E-state index is -4.75. The fourth-order valence-electron chi connectivity index (χ4n) is 8.92. The number of hydrazine groups is 1. The number of imide groups is 2. The maximum Gasteiger partial charge on any atom is 0.417 e. The molecule has 288 valence electrons. The van der Waals surface area contributed by atoms with Crippen molar-refractivity contribution in [1.29, 1.82) is 0 Å². The van der Waals surface area contributed by atoms with E-state index >= 15 is 4.79 Å². The van der Waals surface area contributed by atoms with Crippen molar-refractivity contribution in [1.82, 2.24) is 9.99 Å². The van der Waals surface area contributed by atoms with E-state index in [4.69, 9.17) is 27.9 Å². The Morgan fingerprint density at radius 1 is 0.929 bits per heavy atom. The van der Waals surface area contributed by atoms with Crippen LogP contribution in [0.3, 0.4) is 0 Å². The Morgan fingerprint density at radius 3 is 2.27 bits per heavy atom. The monoisotopic (exact) mass is 868 g/mol. The summed E-state index contributed by atoms with van der Waals surface area (Å²) in [7, 11) is 0. The number of nitrogens with zero attached hydrogens (tertiary/aromatic N) is 3. The lowest BCUT2D eigenvalue weighted by Crippen LogP contribution is -2.53. The quantitative estimate of drug-likeness (QED) is 0.136. The number of aliphatic hydroxyl groups is 1. The summed E-state index contributed by atoms with van der Waals surface area (Å²) in [4.78, 5) is 63.7. The van der Waals surface area contributed by atoms with Crippen LogP contribution in [-0.4, -0.2) is 51.9 Å². The first-order valence-corrected chi connectivity index (χ1v) is 19.1. The largest absolute Gasteiger partial charge is 0.491 e. The molecule has 1 saturated carbocycles. The first-order valence-electron chi connectivity index (χ1n) is 17.6. The van der Waals surface area contributed by atoms with Crippen LogP contribution in [0.4, 0.5) is 24.7 Å². The van der Waals surface area contributed by atoms with Crippen LogP contribution in [0.5, 0.6) is 5.75 Å². The minimum Gasteiger partial charge on any atom is -0.491 e. The van der Waals surface area contributed by atoms with Crippen molar-refractivity contribution in [2.24, 2.45) is 23.7 Å². The van der Waals surface area contributed by atoms with Crippen LogP contribution in [0.1, 0.15) is 35.4 Å². The van der Waals surface area contributed by atoms with Crippen molar-refractivity contribution in [3.05, 3.63) is 128 Å². The van der Waals surface area contributed by atoms with E-state index in [0.29, 0.717) is 45.4 Å². The molecule has 4 aliphatic rings. The van der Waals surface area contributed by atoms with Gasteiger partial charge in [-0.2, -0.15) is 18.2 Å². The van der Waals surface area contributed by atoms with Gasteiger partial charge in [0.05, 0.1) is 46.0 Å². The first kappa shape index (κ1) is 38.1. The maximum absolute atomic E-state index is 15.3. The van der Waals surface area contributed by atoms with Crippen molar-refractivity contribution in [3.63, 3.8) is 0 Å². The number of nitrogens with one attached hydrogen (secondary N) is 1. The molecule has 2 N–H and O–H groups in total. The zero-order chi connectivity index (χ0) is 39.7. The zero-order valence-electron chi connectivity index (χ0n) is 29.0. The zero-order valence-corrected chi connectivity index (χ0v) is 32.1. The summed E-state index contributed by atoms with van der Waals surface area (Å²) in [6.07, 6.45) is -2.13. The molecule has 3 fully saturated rings. The molecule has 0 spiro atoms. The number of carbonyl (C=O) groups excluding carboxylic acids is 4. The fourth-order valence-corrected chi connectivity index (χ4v) is 9.52. The third kappa shape index (κ3) is 6.08. The summed E-state index contributed by atoms with van der Waals surface area (Å²) in [5.41, 5.74) is 1.94. The van der Waals surface area contributed by atoms with Crippen LogP contribution in [0.25, 0.3) is 0 Å². The van der Waals surface area contributed by atoms with Crippen LogP contribution in [0.15, 0.2) is 101 Å². The second-order valence-electron chi connectivity index (χ2n) is 14.0. The number of pyridine rings is 1. The number of carbonyl (C=O) groups is 4. The third-order valence-corrected chi connectivity index (χ3v) is 12.3. The van der Waals surface area contributed by atoms with E-state index in [1.54, 1.807) is 72.8 Å². The smallest absolute Gasteiger partial charge is 0.417 e. The SMILES string of the molecule is O=C1C2CC3C(=CCC4C(=O)N(c5ccc(Br)cc5)C(=O)C43)C(c3ccc(OCCO)cc3)C2(c2ccc(Cl)cc2)C(=O)N1Nc1ncc(C(F)(F)F)cc1Cl. The predicted molar refractivity (Wildman–Crippen MR) is 203 cm³/mol. The topological polar surface area (TPSA) is 129 Å². The van der Waals surface area contributed by atoms with Gasteiger partial charge in [-0.05, 0) is 84.5 Å². The highest BCUT2D eigenvalue weighted by Gasteiger charge is 2.70. The molecular formula is C40H30BrCl2F3N4O6. The molecule has 3 heterocycles. The van der Waals surface area contributed by atoms with Gasteiger partial charge in [-0.1, -0.05) is 75.0 Å². The number of ether oxygens (including phenoxy) is 1. The summed E-state index contributed by atoms with van der Waals surface area (Å²) in [6, 6.07) is 20.8. The molecule has 1 aromatic heterocycles. The third-order valence-electron chi connectivity index (χ3n) is 11.2. The average Bonchev–Trinajstić information content (AvgIpc) is 3.55. The van der Waals surface area contributed by atoms with Crippen LogP contribution < -0.4 is 15.1 Å². The number of fused-ring (bicyclic) bond motifs is 4. The van der Waals surface area contributed by atoms with E-state index in [9.17, 15) is 32.7 Å². The number of anilines is 2. The fraction of sp³-hybridized carbons (Fsp3) is 0.275. The van der Waals surface area contributed by atoms with Gasteiger partial charge >= 0.3 is 6.18 Å². The molecule has 4 aromatic rings. The highest BCUT2D eigenvalue weighted by atomic mass is 79.9. The van der Waals surface area contributed by atoms with Crippen LogP contribution in [0, 0.1) is 23.7 Å². The number of rotatable bonds is 8. The number of allylic oxidation sites excluding steroid dienone is 2. The van der Waals surface area contributed by atoms with Gasteiger partial charge in [0, 0.05) is 21.6 Å². The van der Waals surface area contributed by atoms with Gasteiger partial charge in [0.25, 0.3) is 11.8 Å². The first-order chi connectivity index (χ1) is 26.7. The highest BCUT2D eigenvalue weighted by Crippen LogP contribution is 2.64. The van der Waals surface area contributed by atoms with Gasteiger partial charge in [0.15, 0.2) is 5.82 Å². The summed E-state index contributed by atoms with van der Waals surface area (Å²) in [5.74, 6) is -6.47. The van der Waals surface area contributed by atoms with Crippen LogP contribution in [0.2, 0.25) is 10.0 Å². The normalized spacial score (nSPS) is 25.8. The van der Waals surface area contributed by atoms with Crippen molar-refractivity contribution in [3.8, 4) is 5.75 Å². The van der Waals surface area contributed by atoms with E-state index in [1.807, 2.05) is 6.08 Å². The molecular weight excluding hydrogens is 840 g/mol. The number of aromatic nitrogens is 1. The molecule has 2 aliphatic carbocycles. The molecule has 0 radical (unpaired) electrons. The van der Waals surface area contributed by atoms with Gasteiger partial charge in [0.1, 0.15) is 12.4 Å². The van der Waals surface area contributed by atoms with Gasteiger partial charge < -0.3 is 9.84 Å². The molecule has 56 heavy (non-hydrogen) atoms. The second kappa shape index (κ2) is 14.3. The number of alkyl halides is 3. The standard InChI is InChI=1S/C40H30BrCl2F3N4O6/c41-23-5-9-25(10-6-23)49-35(52)28-14-13-27-29(32(28)37(49)54)18-30-36(53)50(48-34-31(43)17-22(19-47-34)40(44,45)46)38(55)39(30,21-3-7-24(42)8-4-21)33(27)20-1-11-26(12-2-20)56-16-15-51/h1-13,17,19,28-30,32-33,51H,14-16,18H2,(H,47,48). The Morgan fingerprint density at radius 2 is 1.62 bits per heavy atom. The van der Waals surface area contributed by atoms with E-state index in [0.717, 1.165) is 9.48 Å². The summed E-state index contributed by atoms with van der Waals surface area (Å²) < 4.78 is 46.9. The van der Waals surface area contributed by atoms with Crippen molar-refractivity contribution in [2.45, 2.75) is 30.4 Å². The lowest BCUT2D eigenvalue weighted by atomic mass is 9.49. The Labute approximate surface area is 336 Å². The lowest BCUT2D eigenvalue weighted by molar-refractivity contribution is -0.139. The van der Waals surface area contributed by atoms with E-state index in [-0.39, 0.29) is 37.8 Å². The number of halogens is 6. The van der Waals surface area contributed by atoms with Crippen LogP contribution in [-0.2, 0) is 30.8 Å². The number of hydrogen-bond acceptors (Lipinski definition) is 8. The van der Waals surface area contributed by atoms with Gasteiger partial charge in [-0.25, -0.2) is 4.98 Å². The van der Waals surface area contributed by atoms with Gasteiger partial charge in [-0.15, -0.1) is 0 Å². The second-order valence-corrected chi connectivity index (χ2v) is 15.8. The van der Waals surface area contributed by atoms with Gasteiger partial charge in [-0.3, -0.25) is 29.5 Å². The molecule has 10 nitrogen and oxygen atoms in total. The summed E-state index contributed by atoms with van der Waals surface area (Å²) in [5, 5.41) is 9.96. The van der Waals surface area contributed by atoms with E-state index in [1.165, 1.54) is 4.90 Å². The minimum absolute atomic E-state index is 0.0199. The van der Waals surface area contributed by atoms with Gasteiger partial charge in [0.2, 0.25) is 11.8 Å². The van der Waals surface area contributed by atoms with Crippen LogP contribution >= 0.6 is 39.1 Å². The van der Waals surface area contributed by atoms with Crippen molar-refractivity contribution >= 4 is 74.3 Å².